The zero-order chi connectivity index (χ0) is 25.4. The first-order valence-corrected chi connectivity index (χ1v) is 11.5. The van der Waals surface area contributed by atoms with Crippen molar-refractivity contribution in [2.24, 2.45) is 0 Å². The second-order valence-electron chi connectivity index (χ2n) is 8.28. The summed E-state index contributed by atoms with van der Waals surface area (Å²) in [4.78, 5) is 66.5. The predicted octanol–water partition coefficient (Wildman–Crippen LogP) is 2.85. The molecule has 10 heteroatoms. The number of esters is 1. The Kier molecular flexibility index (Phi) is 6.15. The second-order valence-corrected chi connectivity index (χ2v) is 8.66. The van der Waals surface area contributed by atoms with Gasteiger partial charge in [-0.1, -0.05) is 35.9 Å². The summed E-state index contributed by atoms with van der Waals surface area (Å²) in [5.41, 5.74) is 0.426. The van der Waals surface area contributed by atoms with Gasteiger partial charge in [0.15, 0.2) is 23.9 Å². The van der Waals surface area contributed by atoms with Crippen molar-refractivity contribution in [3.8, 4) is 0 Å². The molecule has 1 saturated heterocycles. The van der Waals surface area contributed by atoms with Crippen LogP contribution in [0.25, 0.3) is 0 Å². The molecule has 2 amide bonds. The van der Waals surface area contributed by atoms with Crippen molar-refractivity contribution >= 4 is 41.0 Å². The number of piperazine rings is 1. The van der Waals surface area contributed by atoms with Crippen molar-refractivity contribution in [2.75, 3.05) is 32.8 Å². The molecule has 3 aromatic rings. The number of hydrogen-bond donors (Lipinski definition) is 0. The fraction of sp³-hybridized carbons (Fsp3) is 0.192. The van der Waals surface area contributed by atoms with E-state index in [1.807, 2.05) is 0 Å². The highest BCUT2D eigenvalue weighted by Crippen LogP contribution is 2.34. The second kappa shape index (κ2) is 9.43. The van der Waals surface area contributed by atoms with E-state index < -0.39 is 24.3 Å². The highest BCUT2D eigenvalue weighted by Gasteiger charge is 2.33. The smallest absolute Gasteiger partial charge is 0.340 e. The number of carbonyl (C=O) groups excluding carboxylic acids is 5. The van der Waals surface area contributed by atoms with Gasteiger partial charge in [0.25, 0.3) is 11.8 Å². The van der Waals surface area contributed by atoms with Crippen LogP contribution in [0.1, 0.15) is 52.8 Å². The number of carbonyl (C=O) groups is 5. The molecule has 9 nitrogen and oxygen atoms in total. The first-order chi connectivity index (χ1) is 17.4. The van der Waals surface area contributed by atoms with Crippen LogP contribution in [0.5, 0.6) is 0 Å². The van der Waals surface area contributed by atoms with Crippen LogP contribution in [0, 0.1) is 0 Å². The lowest BCUT2D eigenvalue weighted by Gasteiger charge is -2.34. The number of ketones is 2. The molecular formula is C26H19ClN2O7. The van der Waals surface area contributed by atoms with Gasteiger partial charge in [0, 0.05) is 42.9 Å². The molecule has 2 aliphatic rings. The zero-order valence-corrected chi connectivity index (χ0v) is 19.6. The molecule has 1 aromatic heterocycles. The highest BCUT2D eigenvalue weighted by molar-refractivity contribution is 6.41. The summed E-state index contributed by atoms with van der Waals surface area (Å²) < 4.78 is 10.3. The van der Waals surface area contributed by atoms with Gasteiger partial charge in [0.1, 0.15) is 0 Å². The van der Waals surface area contributed by atoms with Crippen molar-refractivity contribution < 1.29 is 33.1 Å². The lowest BCUT2D eigenvalue weighted by atomic mass is 9.83. The van der Waals surface area contributed by atoms with Crippen molar-refractivity contribution in [3.63, 3.8) is 0 Å². The number of rotatable bonds is 4. The minimum absolute atomic E-state index is 0.0570. The van der Waals surface area contributed by atoms with Gasteiger partial charge in [-0.25, -0.2) is 4.79 Å². The van der Waals surface area contributed by atoms with Gasteiger partial charge in [-0.2, -0.15) is 0 Å². The summed E-state index contributed by atoms with van der Waals surface area (Å²) in [7, 11) is 0. The Morgan fingerprint density at radius 1 is 0.833 bits per heavy atom. The Morgan fingerprint density at radius 3 is 2.17 bits per heavy atom. The number of furan rings is 1. The molecule has 5 rings (SSSR count). The van der Waals surface area contributed by atoms with Gasteiger partial charge < -0.3 is 19.0 Å². The highest BCUT2D eigenvalue weighted by atomic mass is 35.5. The molecule has 36 heavy (non-hydrogen) atoms. The Balaban J connectivity index is 1.22. The van der Waals surface area contributed by atoms with Crippen molar-refractivity contribution in [3.05, 3.63) is 93.4 Å². The van der Waals surface area contributed by atoms with E-state index >= 15 is 0 Å². The Labute approximate surface area is 210 Å². The third-order valence-electron chi connectivity index (χ3n) is 6.23. The van der Waals surface area contributed by atoms with Crippen LogP contribution in [-0.4, -0.2) is 71.9 Å². The summed E-state index contributed by atoms with van der Waals surface area (Å²) in [5, 5.41) is -0.192. The molecule has 0 unspecified atom stereocenters. The predicted molar refractivity (Wildman–Crippen MR) is 126 cm³/mol. The minimum Gasteiger partial charge on any atom is -0.459 e. The molecule has 1 fully saturated rings. The topological polar surface area (TPSA) is 114 Å². The molecule has 0 atom stereocenters. The van der Waals surface area contributed by atoms with Crippen LogP contribution < -0.4 is 0 Å². The van der Waals surface area contributed by atoms with Crippen molar-refractivity contribution in [1.29, 1.82) is 0 Å². The third kappa shape index (κ3) is 4.07. The maximum atomic E-state index is 13.0. The summed E-state index contributed by atoms with van der Waals surface area (Å²) in [6, 6.07) is 12.3. The first kappa shape index (κ1) is 23.5. The van der Waals surface area contributed by atoms with Gasteiger partial charge in [0.05, 0.1) is 22.4 Å². The van der Waals surface area contributed by atoms with E-state index in [1.54, 1.807) is 35.2 Å². The van der Waals surface area contributed by atoms with E-state index in [0.29, 0.717) is 13.1 Å². The van der Waals surface area contributed by atoms with Crippen LogP contribution in [0.3, 0.4) is 0 Å². The Morgan fingerprint density at radius 2 is 1.50 bits per heavy atom. The van der Waals surface area contributed by atoms with Gasteiger partial charge in [0.2, 0.25) is 0 Å². The lowest BCUT2D eigenvalue weighted by Crippen LogP contribution is -2.51. The van der Waals surface area contributed by atoms with E-state index in [1.165, 1.54) is 29.4 Å². The molecule has 0 bridgehead atoms. The average molecular weight is 507 g/mol. The Bertz CT molecular complexity index is 1410. The number of halogens is 1. The molecule has 2 heterocycles. The van der Waals surface area contributed by atoms with Gasteiger partial charge in [-0.3, -0.25) is 19.2 Å². The van der Waals surface area contributed by atoms with E-state index in [9.17, 15) is 24.0 Å². The fourth-order valence-corrected chi connectivity index (χ4v) is 4.64. The zero-order valence-electron chi connectivity index (χ0n) is 18.9. The Hall–Kier alpha value is -4.24. The van der Waals surface area contributed by atoms with Gasteiger partial charge in [-0.05, 0) is 24.3 Å². The van der Waals surface area contributed by atoms with Crippen LogP contribution in [0.2, 0.25) is 5.02 Å². The number of benzene rings is 2. The first-order valence-electron chi connectivity index (χ1n) is 11.2. The van der Waals surface area contributed by atoms with E-state index in [0.717, 1.165) is 0 Å². The monoisotopic (exact) mass is 506 g/mol. The standard InChI is InChI=1S/C26H19ClN2O7/c27-22-18(8-7-17-21(22)24(32)16-5-2-1-4-15(16)23(17)31)26(34)36-14-20(30)28-9-11-29(12-10-28)25(33)19-6-3-13-35-19/h1-8,13H,9-12,14H2. The van der Waals surface area contributed by atoms with E-state index in [-0.39, 0.29) is 63.4 Å². The van der Waals surface area contributed by atoms with Crippen LogP contribution >= 0.6 is 11.6 Å². The molecule has 1 aliphatic heterocycles. The summed E-state index contributed by atoms with van der Waals surface area (Å²) in [5.74, 6) is -2.16. The number of fused-ring (bicyclic) bond motifs is 2. The minimum atomic E-state index is -0.887. The van der Waals surface area contributed by atoms with Crippen molar-refractivity contribution in [1.82, 2.24) is 9.80 Å². The normalized spacial score (nSPS) is 14.8. The van der Waals surface area contributed by atoms with Crippen molar-refractivity contribution in [2.45, 2.75) is 0 Å². The SMILES string of the molecule is O=C(OCC(=O)N1CCN(C(=O)c2ccco2)CC1)c1ccc2c(c1Cl)C(=O)c1ccccc1C2=O. The number of amides is 2. The molecule has 182 valence electrons. The third-order valence-corrected chi connectivity index (χ3v) is 6.62. The molecule has 0 N–H and O–H groups in total. The molecule has 0 spiro atoms. The summed E-state index contributed by atoms with van der Waals surface area (Å²) in [6.45, 7) is 0.645. The number of nitrogens with zero attached hydrogens (tertiary/aromatic N) is 2. The lowest BCUT2D eigenvalue weighted by molar-refractivity contribution is -0.136. The molecule has 1 aliphatic carbocycles. The molecular weight excluding hydrogens is 488 g/mol. The van der Waals surface area contributed by atoms with Crippen LogP contribution in [0.4, 0.5) is 0 Å². The summed E-state index contributed by atoms with van der Waals surface area (Å²) in [6.07, 6.45) is 1.42. The summed E-state index contributed by atoms with van der Waals surface area (Å²) >= 11 is 6.39. The van der Waals surface area contributed by atoms with Crippen LogP contribution in [-0.2, 0) is 9.53 Å². The molecule has 0 saturated carbocycles. The van der Waals surface area contributed by atoms with E-state index in [4.69, 9.17) is 20.8 Å². The number of ether oxygens (including phenoxy) is 1. The maximum Gasteiger partial charge on any atom is 0.340 e. The maximum absolute atomic E-state index is 13.0. The molecule has 2 aromatic carbocycles. The van der Waals surface area contributed by atoms with Gasteiger partial charge >= 0.3 is 5.97 Å². The van der Waals surface area contributed by atoms with E-state index in [2.05, 4.69) is 0 Å². The average Bonchev–Trinajstić information content (AvgIpc) is 3.45. The van der Waals surface area contributed by atoms with Gasteiger partial charge in [-0.15, -0.1) is 0 Å². The largest absolute Gasteiger partial charge is 0.459 e. The number of hydrogen-bond acceptors (Lipinski definition) is 7. The quantitative estimate of drug-likeness (QED) is 0.391. The van der Waals surface area contributed by atoms with Crippen LogP contribution in [0.15, 0.2) is 59.2 Å². The molecule has 0 radical (unpaired) electrons. The fourth-order valence-electron chi connectivity index (χ4n) is 4.32.